The number of aryl methyl sites for hydroxylation is 1. The minimum atomic E-state index is -1.000. The van der Waals surface area contributed by atoms with Gasteiger partial charge in [-0.1, -0.05) is 23.7 Å². The molecule has 6 rings (SSSR count). The van der Waals surface area contributed by atoms with Gasteiger partial charge >= 0.3 is 5.97 Å². The molecule has 4 aromatic rings. The van der Waals surface area contributed by atoms with Crippen LogP contribution in [0.3, 0.4) is 0 Å². The maximum absolute atomic E-state index is 14.1. The van der Waals surface area contributed by atoms with Gasteiger partial charge in [-0.05, 0) is 48.7 Å². The van der Waals surface area contributed by atoms with Gasteiger partial charge in [0.05, 0.1) is 48.9 Å². The van der Waals surface area contributed by atoms with E-state index in [2.05, 4.69) is 34.1 Å². The molecule has 2 aromatic heterocycles. The first kappa shape index (κ1) is 24.9. The number of halogens is 2. The number of nitrogens with zero attached hydrogens (tertiary/aromatic N) is 5. The summed E-state index contributed by atoms with van der Waals surface area (Å²) in [5.41, 5.74) is 5.95. The first-order valence-corrected chi connectivity index (χ1v) is 13.3. The molecule has 8 nitrogen and oxygen atoms in total. The molecule has 2 atom stereocenters. The summed E-state index contributed by atoms with van der Waals surface area (Å²) in [6.07, 6.45) is 2.54. The Bertz CT molecular complexity index is 1490. The fourth-order valence-corrected chi connectivity index (χ4v) is 5.72. The van der Waals surface area contributed by atoms with Crippen LogP contribution in [0.2, 0.25) is 5.02 Å². The number of alkyl halides is 1. The molecule has 0 bridgehead atoms. The van der Waals surface area contributed by atoms with Gasteiger partial charge < -0.3 is 18.9 Å². The maximum atomic E-state index is 14.1. The van der Waals surface area contributed by atoms with E-state index in [4.69, 9.17) is 26.2 Å². The van der Waals surface area contributed by atoms with Crippen molar-refractivity contribution in [2.24, 2.45) is 0 Å². The van der Waals surface area contributed by atoms with Crippen LogP contribution >= 0.6 is 11.6 Å². The quantitative estimate of drug-likeness (QED) is 0.331. The van der Waals surface area contributed by atoms with Crippen LogP contribution in [0.15, 0.2) is 42.9 Å². The van der Waals surface area contributed by atoms with E-state index in [0.29, 0.717) is 21.9 Å². The Morgan fingerprint density at radius 2 is 2.03 bits per heavy atom. The average Bonchev–Trinajstić information content (AvgIpc) is 3.63. The summed E-state index contributed by atoms with van der Waals surface area (Å²) in [4.78, 5) is 19.9. The first-order chi connectivity index (χ1) is 18.4. The number of hydrogen-bond acceptors (Lipinski definition) is 6. The summed E-state index contributed by atoms with van der Waals surface area (Å²) in [6.45, 7) is 7.42. The van der Waals surface area contributed by atoms with Gasteiger partial charge in [-0.15, -0.1) is 0 Å². The van der Waals surface area contributed by atoms with Gasteiger partial charge in [0.25, 0.3) is 0 Å². The van der Waals surface area contributed by atoms with Crippen LogP contribution in [-0.4, -0.2) is 64.4 Å². The summed E-state index contributed by atoms with van der Waals surface area (Å²) >= 11 is 6.77. The van der Waals surface area contributed by atoms with E-state index in [9.17, 15) is 9.18 Å². The van der Waals surface area contributed by atoms with Gasteiger partial charge in [-0.3, -0.25) is 4.68 Å². The molecular weight excluding hydrogens is 509 g/mol. The van der Waals surface area contributed by atoms with Crippen molar-refractivity contribution in [2.45, 2.75) is 39.0 Å². The van der Waals surface area contributed by atoms with Crippen LogP contribution in [0, 0.1) is 6.92 Å². The van der Waals surface area contributed by atoms with Gasteiger partial charge in [0, 0.05) is 42.5 Å². The zero-order chi connectivity index (χ0) is 26.4. The minimum absolute atomic E-state index is 0.205. The van der Waals surface area contributed by atoms with E-state index in [-0.39, 0.29) is 19.6 Å². The van der Waals surface area contributed by atoms with Crippen molar-refractivity contribution >= 4 is 34.2 Å². The number of carbonyl (C=O) groups is 1. The number of carbonyl (C=O) groups excluding carboxylic acids is 1. The summed E-state index contributed by atoms with van der Waals surface area (Å²) in [5.74, 6) is -0.489. The number of hydrogen-bond donors (Lipinski definition) is 0. The Morgan fingerprint density at radius 3 is 2.76 bits per heavy atom. The number of aromatic nitrogens is 4. The Hall–Kier alpha value is -3.43. The van der Waals surface area contributed by atoms with Crippen LogP contribution in [0.4, 0.5) is 10.1 Å². The van der Waals surface area contributed by atoms with Crippen molar-refractivity contribution in [1.82, 2.24) is 19.3 Å². The predicted octanol–water partition coefficient (Wildman–Crippen LogP) is 4.74. The van der Waals surface area contributed by atoms with E-state index in [0.717, 1.165) is 54.1 Å². The molecule has 0 aliphatic carbocycles. The number of ether oxygens (including phenoxy) is 2. The topological polar surface area (TPSA) is 74.4 Å². The second-order valence-electron chi connectivity index (χ2n) is 9.73. The summed E-state index contributed by atoms with van der Waals surface area (Å²) in [7, 11) is 0. The lowest BCUT2D eigenvalue weighted by Crippen LogP contribution is -2.36. The van der Waals surface area contributed by atoms with Gasteiger partial charge in [-0.25, -0.2) is 14.2 Å². The summed E-state index contributed by atoms with van der Waals surface area (Å²) in [5, 5.41) is 6.08. The molecule has 1 fully saturated rings. The maximum Gasteiger partial charge on any atom is 0.337 e. The molecule has 1 saturated heterocycles. The van der Waals surface area contributed by atoms with Gasteiger partial charge in [-0.2, -0.15) is 5.10 Å². The molecule has 38 heavy (non-hydrogen) atoms. The molecule has 0 saturated carbocycles. The van der Waals surface area contributed by atoms with Crippen molar-refractivity contribution in [3.05, 3.63) is 64.8 Å². The van der Waals surface area contributed by atoms with E-state index in [1.807, 2.05) is 13.0 Å². The first-order valence-electron chi connectivity index (χ1n) is 12.9. The van der Waals surface area contributed by atoms with Crippen LogP contribution in [0.25, 0.3) is 22.0 Å². The normalized spacial score (nSPS) is 18.1. The predicted molar refractivity (Wildman–Crippen MR) is 144 cm³/mol. The molecule has 2 aliphatic heterocycles. The zero-order valence-electron chi connectivity index (χ0n) is 21.4. The lowest BCUT2D eigenvalue weighted by atomic mass is 9.98. The second-order valence-corrected chi connectivity index (χ2v) is 10.1. The highest BCUT2D eigenvalue weighted by Gasteiger charge is 2.35. The SMILES string of the molecule is CCOC(=O)C(c1ncn2c1C[C@@H](F)C2)n1cc2c(Cl)cc(-c3ccc(N4CCOCC4)cc3)c(C)c2n1. The third-order valence-electron chi connectivity index (χ3n) is 7.40. The molecule has 2 aromatic carbocycles. The average molecular weight is 538 g/mol. The minimum Gasteiger partial charge on any atom is -0.464 e. The molecule has 0 amide bonds. The molecule has 10 heteroatoms. The van der Waals surface area contributed by atoms with Crippen molar-refractivity contribution in [3.63, 3.8) is 0 Å². The molecule has 0 radical (unpaired) electrons. The molecule has 4 heterocycles. The fourth-order valence-electron chi connectivity index (χ4n) is 5.47. The van der Waals surface area contributed by atoms with Crippen molar-refractivity contribution in [1.29, 1.82) is 0 Å². The third kappa shape index (κ3) is 4.33. The van der Waals surface area contributed by atoms with Crippen LogP contribution in [0.5, 0.6) is 0 Å². The summed E-state index contributed by atoms with van der Waals surface area (Å²) < 4.78 is 28.3. The number of morpholine rings is 1. The van der Waals surface area contributed by atoms with E-state index >= 15 is 0 Å². The zero-order valence-corrected chi connectivity index (χ0v) is 22.1. The number of fused-ring (bicyclic) bond motifs is 2. The van der Waals surface area contributed by atoms with E-state index in [1.165, 1.54) is 0 Å². The van der Waals surface area contributed by atoms with Gasteiger partial charge in [0.1, 0.15) is 6.17 Å². The van der Waals surface area contributed by atoms with Gasteiger partial charge in [0.2, 0.25) is 0 Å². The van der Waals surface area contributed by atoms with E-state index < -0.39 is 18.2 Å². The molecule has 0 N–H and O–H groups in total. The van der Waals surface area contributed by atoms with Crippen molar-refractivity contribution in [3.8, 4) is 11.1 Å². The van der Waals surface area contributed by atoms with Crippen LogP contribution in [-0.2, 0) is 27.2 Å². The van der Waals surface area contributed by atoms with Gasteiger partial charge in [0.15, 0.2) is 6.04 Å². The number of imidazole rings is 1. The largest absolute Gasteiger partial charge is 0.464 e. The number of benzene rings is 2. The monoisotopic (exact) mass is 537 g/mol. The second kappa shape index (κ2) is 10.0. The van der Waals surface area contributed by atoms with Crippen LogP contribution < -0.4 is 4.90 Å². The smallest absolute Gasteiger partial charge is 0.337 e. The highest BCUT2D eigenvalue weighted by atomic mass is 35.5. The fraction of sp³-hybridized carbons (Fsp3) is 0.393. The Morgan fingerprint density at radius 1 is 1.26 bits per heavy atom. The van der Waals surface area contributed by atoms with Crippen molar-refractivity contribution in [2.75, 3.05) is 37.8 Å². The highest BCUT2D eigenvalue weighted by molar-refractivity contribution is 6.36. The lowest BCUT2D eigenvalue weighted by Gasteiger charge is -2.29. The molecule has 198 valence electrons. The highest BCUT2D eigenvalue weighted by Crippen LogP contribution is 2.37. The standard InChI is InChI=1S/C28H29ClFN5O3/c1-3-38-28(36)27(26-24-12-19(30)14-34(24)16-31-26)35-15-22-23(29)13-21(17(2)25(22)32-35)18-4-6-20(7-5-18)33-8-10-37-11-9-33/h4-7,13,15-16,19,27H,3,8-12,14H2,1-2H3/t19-,27?/m1/s1. The summed E-state index contributed by atoms with van der Waals surface area (Å²) in [6, 6.07) is 9.42. The molecular formula is C28H29ClFN5O3. The number of anilines is 1. The lowest BCUT2D eigenvalue weighted by molar-refractivity contribution is -0.146. The third-order valence-corrected chi connectivity index (χ3v) is 7.71. The van der Waals surface area contributed by atoms with E-state index in [1.54, 1.807) is 28.7 Å². The molecule has 1 unspecified atom stereocenters. The Kier molecular flexibility index (Phi) is 6.57. The molecule has 0 spiro atoms. The Balaban J connectivity index is 1.39. The Labute approximate surface area is 224 Å². The molecule has 2 aliphatic rings. The number of esters is 1. The van der Waals surface area contributed by atoms with Crippen LogP contribution in [0.1, 0.15) is 29.9 Å². The number of rotatable bonds is 6. The van der Waals surface area contributed by atoms with Crippen molar-refractivity contribution < 1.29 is 18.7 Å².